The molecule has 0 radical (unpaired) electrons. The number of carbonyl (C=O) groups is 2. The number of carboxylic acids is 1. The lowest BCUT2D eigenvalue weighted by Crippen LogP contribution is -2.48. The highest BCUT2D eigenvalue weighted by Gasteiger charge is 2.21. The lowest BCUT2D eigenvalue weighted by Gasteiger charge is -2.21. The van der Waals surface area contributed by atoms with Crippen molar-refractivity contribution < 1.29 is 19.8 Å². The third-order valence-electron chi connectivity index (χ3n) is 1.96. The molecule has 0 aromatic rings. The summed E-state index contributed by atoms with van der Waals surface area (Å²) in [5.41, 5.74) is 0. The molecule has 6 nitrogen and oxygen atoms in total. The Hall–Kier alpha value is -1.74. The zero-order valence-corrected chi connectivity index (χ0v) is 9.14. The number of urea groups is 1. The Kier molecular flexibility index (Phi) is 6.72. The summed E-state index contributed by atoms with van der Waals surface area (Å²) in [5.74, 6) is 1.12. The van der Waals surface area contributed by atoms with Crippen LogP contribution >= 0.6 is 0 Å². The summed E-state index contributed by atoms with van der Waals surface area (Å²) in [5, 5.41) is 19.7. The van der Waals surface area contributed by atoms with Gasteiger partial charge in [0, 0.05) is 19.6 Å². The molecule has 0 rings (SSSR count). The number of nitrogens with one attached hydrogen (secondary N) is 1. The van der Waals surface area contributed by atoms with Crippen molar-refractivity contribution in [2.45, 2.75) is 19.4 Å². The first-order valence-electron chi connectivity index (χ1n) is 4.89. The standard InChI is InChI=1S/C10H16N2O4/c1-3-6-12(4-2)10(16)11-8(5-7-13)9(14)15/h1,8,13H,4-7H2,2H3,(H,11,16)(H,14,15)/t8-/m0/s1. The molecule has 0 fully saturated rings. The molecule has 2 amide bonds. The minimum Gasteiger partial charge on any atom is -0.480 e. The van der Waals surface area contributed by atoms with Gasteiger partial charge in [-0.25, -0.2) is 9.59 Å². The number of hydrogen-bond donors (Lipinski definition) is 3. The minimum atomic E-state index is -1.18. The van der Waals surface area contributed by atoms with Crippen LogP contribution in [0.5, 0.6) is 0 Å². The monoisotopic (exact) mass is 228 g/mol. The van der Waals surface area contributed by atoms with Gasteiger partial charge in [0.05, 0.1) is 6.54 Å². The van der Waals surface area contributed by atoms with E-state index in [1.165, 1.54) is 4.90 Å². The van der Waals surface area contributed by atoms with Crippen molar-refractivity contribution in [1.82, 2.24) is 10.2 Å². The molecule has 0 aromatic heterocycles. The van der Waals surface area contributed by atoms with Gasteiger partial charge in [0.25, 0.3) is 0 Å². The predicted molar refractivity (Wildman–Crippen MR) is 57.7 cm³/mol. The zero-order valence-electron chi connectivity index (χ0n) is 9.14. The maximum Gasteiger partial charge on any atom is 0.326 e. The maximum absolute atomic E-state index is 11.5. The Morgan fingerprint density at radius 2 is 2.19 bits per heavy atom. The molecule has 0 heterocycles. The molecule has 0 saturated heterocycles. The van der Waals surface area contributed by atoms with Crippen molar-refractivity contribution in [3.63, 3.8) is 0 Å². The second kappa shape index (κ2) is 7.54. The topological polar surface area (TPSA) is 89.9 Å². The summed E-state index contributed by atoms with van der Waals surface area (Å²) in [6, 6.07) is -1.63. The van der Waals surface area contributed by atoms with Crippen molar-refractivity contribution in [3.8, 4) is 12.3 Å². The number of aliphatic hydroxyl groups is 1. The Labute approximate surface area is 94.2 Å². The Morgan fingerprint density at radius 1 is 1.56 bits per heavy atom. The van der Waals surface area contributed by atoms with E-state index in [1.54, 1.807) is 6.92 Å². The van der Waals surface area contributed by atoms with E-state index in [9.17, 15) is 9.59 Å². The number of carboxylic acid groups (broad SMARTS) is 1. The molecule has 0 saturated carbocycles. The first-order valence-corrected chi connectivity index (χ1v) is 4.89. The SMILES string of the molecule is C#CCN(CC)C(=O)N[C@@H](CCO)C(=O)O. The lowest BCUT2D eigenvalue weighted by atomic mass is 10.2. The van der Waals surface area contributed by atoms with Gasteiger partial charge in [-0.2, -0.15) is 0 Å². The van der Waals surface area contributed by atoms with E-state index in [2.05, 4.69) is 11.2 Å². The Bertz CT molecular complexity index is 285. The van der Waals surface area contributed by atoms with Crippen molar-refractivity contribution in [1.29, 1.82) is 0 Å². The third kappa shape index (κ3) is 4.66. The van der Waals surface area contributed by atoms with Crippen LogP contribution in [0.4, 0.5) is 4.79 Å². The van der Waals surface area contributed by atoms with E-state index >= 15 is 0 Å². The number of amides is 2. The minimum absolute atomic E-state index is 0.0331. The second-order valence-electron chi connectivity index (χ2n) is 3.07. The fourth-order valence-electron chi connectivity index (χ4n) is 1.06. The van der Waals surface area contributed by atoms with Crippen molar-refractivity contribution >= 4 is 12.0 Å². The number of nitrogens with zero attached hydrogens (tertiary/aromatic N) is 1. The van der Waals surface area contributed by atoms with Crippen LogP contribution in [0, 0.1) is 12.3 Å². The van der Waals surface area contributed by atoms with Gasteiger partial charge in [-0.15, -0.1) is 6.42 Å². The number of aliphatic hydroxyl groups excluding tert-OH is 1. The van der Waals surface area contributed by atoms with Crippen LogP contribution in [0.1, 0.15) is 13.3 Å². The lowest BCUT2D eigenvalue weighted by molar-refractivity contribution is -0.139. The molecular weight excluding hydrogens is 212 g/mol. The van der Waals surface area contributed by atoms with Gasteiger partial charge in [-0.3, -0.25) is 0 Å². The third-order valence-corrected chi connectivity index (χ3v) is 1.96. The van der Waals surface area contributed by atoms with E-state index in [4.69, 9.17) is 16.6 Å². The van der Waals surface area contributed by atoms with Gasteiger partial charge in [0.15, 0.2) is 0 Å². The molecule has 0 aliphatic carbocycles. The summed E-state index contributed by atoms with van der Waals surface area (Å²) in [6.07, 6.45) is 5.03. The van der Waals surface area contributed by atoms with Crippen LogP contribution in [0.25, 0.3) is 0 Å². The smallest absolute Gasteiger partial charge is 0.326 e. The number of terminal acetylenes is 1. The molecule has 90 valence electrons. The van der Waals surface area contributed by atoms with Gasteiger partial charge in [-0.05, 0) is 6.92 Å². The molecule has 3 N–H and O–H groups in total. The van der Waals surface area contributed by atoms with Crippen LogP contribution < -0.4 is 5.32 Å². The molecule has 6 heteroatoms. The Balaban J connectivity index is 4.38. The maximum atomic E-state index is 11.5. The number of aliphatic carboxylic acids is 1. The number of carbonyl (C=O) groups excluding carboxylic acids is 1. The summed E-state index contributed by atoms with van der Waals surface area (Å²) in [4.78, 5) is 23.5. The average Bonchev–Trinajstić information content (AvgIpc) is 2.24. The fraction of sp³-hybridized carbons (Fsp3) is 0.600. The van der Waals surface area contributed by atoms with Gasteiger partial charge in [0.2, 0.25) is 0 Å². The van der Waals surface area contributed by atoms with Crippen molar-refractivity contribution in [3.05, 3.63) is 0 Å². The van der Waals surface area contributed by atoms with Crippen LogP contribution in [0.2, 0.25) is 0 Å². The highest BCUT2D eigenvalue weighted by atomic mass is 16.4. The molecule has 0 spiro atoms. The van der Waals surface area contributed by atoms with Crippen LogP contribution in [-0.2, 0) is 4.79 Å². The van der Waals surface area contributed by atoms with Crippen LogP contribution in [0.3, 0.4) is 0 Å². The van der Waals surface area contributed by atoms with Gasteiger partial charge in [0.1, 0.15) is 6.04 Å². The van der Waals surface area contributed by atoms with E-state index in [-0.39, 0.29) is 19.6 Å². The fourth-order valence-corrected chi connectivity index (χ4v) is 1.06. The van der Waals surface area contributed by atoms with Crippen LogP contribution in [0.15, 0.2) is 0 Å². The number of rotatable bonds is 6. The molecule has 16 heavy (non-hydrogen) atoms. The van der Waals surface area contributed by atoms with Crippen molar-refractivity contribution in [2.75, 3.05) is 19.7 Å². The van der Waals surface area contributed by atoms with Gasteiger partial charge >= 0.3 is 12.0 Å². The molecule has 1 atom stereocenters. The van der Waals surface area contributed by atoms with E-state index in [1.807, 2.05) is 0 Å². The van der Waals surface area contributed by atoms with E-state index in [0.717, 1.165) is 0 Å². The second-order valence-corrected chi connectivity index (χ2v) is 3.07. The molecule has 0 unspecified atom stereocenters. The van der Waals surface area contributed by atoms with Crippen LogP contribution in [-0.4, -0.2) is 52.9 Å². The number of hydrogen-bond acceptors (Lipinski definition) is 3. The highest BCUT2D eigenvalue weighted by molar-refractivity contribution is 5.82. The zero-order chi connectivity index (χ0) is 12.6. The molecule has 0 aliphatic rings. The van der Waals surface area contributed by atoms with E-state index in [0.29, 0.717) is 6.54 Å². The molecular formula is C10H16N2O4. The van der Waals surface area contributed by atoms with E-state index < -0.39 is 18.0 Å². The first-order chi connectivity index (χ1) is 7.56. The highest BCUT2D eigenvalue weighted by Crippen LogP contribution is 1.95. The molecule has 0 bridgehead atoms. The predicted octanol–water partition coefficient (Wildman–Crippen LogP) is -0.513. The van der Waals surface area contributed by atoms with Crippen molar-refractivity contribution in [2.24, 2.45) is 0 Å². The Morgan fingerprint density at radius 3 is 2.56 bits per heavy atom. The summed E-state index contributed by atoms with van der Waals surface area (Å²) in [7, 11) is 0. The molecule has 0 aromatic carbocycles. The first kappa shape index (κ1) is 14.3. The average molecular weight is 228 g/mol. The van der Waals surface area contributed by atoms with Gasteiger partial charge < -0.3 is 20.4 Å². The summed E-state index contributed by atoms with van der Waals surface area (Å²) in [6.45, 7) is 1.94. The molecule has 0 aliphatic heterocycles. The summed E-state index contributed by atoms with van der Waals surface area (Å²) < 4.78 is 0. The van der Waals surface area contributed by atoms with Gasteiger partial charge in [-0.1, -0.05) is 5.92 Å². The summed E-state index contributed by atoms with van der Waals surface area (Å²) >= 11 is 0. The normalized spacial score (nSPS) is 11.3. The quantitative estimate of drug-likeness (QED) is 0.534. The largest absolute Gasteiger partial charge is 0.480 e.